The van der Waals surface area contributed by atoms with Crippen LogP contribution in [0.1, 0.15) is 0 Å². The van der Waals surface area contributed by atoms with Gasteiger partial charge in [-0.1, -0.05) is 0 Å². The predicted octanol–water partition coefficient (Wildman–Crippen LogP) is 1.41. The van der Waals surface area contributed by atoms with Gasteiger partial charge in [0.15, 0.2) is 0 Å². The van der Waals surface area contributed by atoms with Crippen molar-refractivity contribution >= 4 is 0 Å². The Morgan fingerprint density at radius 1 is 1.00 bits per heavy atom. The van der Waals surface area contributed by atoms with Crippen LogP contribution in [0, 0.1) is 0 Å². The summed E-state index contributed by atoms with van der Waals surface area (Å²) in [5.74, 6) is 1.31. The number of benzene rings is 1. The standard InChI is InChI=1S/C8H10O3.Ti/c1-10-7-3-6(9)4-8(5-7)11-2;/h3-5,9H,1-2H3;. The van der Waals surface area contributed by atoms with Crippen molar-refractivity contribution in [2.24, 2.45) is 0 Å². The minimum absolute atomic E-state index is 0. The van der Waals surface area contributed by atoms with Crippen molar-refractivity contribution in [2.45, 2.75) is 0 Å². The molecule has 4 heteroatoms. The first-order valence-electron chi connectivity index (χ1n) is 3.18. The van der Waals surface area contributed by atoms with E-state index in [-0.39, 0.29) is 27.5 Å². The van der Waals surface area contributed by atoms with Gasteiger partial charge in [0.25, 0.3) is 0 Å². The molecule has 0 aliphatic rings. The van der Waals surface area contributed by atoms with Crippen molar-refractivity contribution in [3.63, 3.8) is 0 Å². The maximum absolute atomic E-state index is 9.10. The first kappa shape index (κ1) is 11.3. The maximum Gasteiger partial charge on any atom is 0.126 e. The second-order valence-electron chi connectivity index (χ2n) is 2.07. The summed E-state index contributed by atoms with van der Waals surface area (Å²) in [6.45, 7) is 0. The van der Waals surface area contributed by atoms with Crippen LogP contribution in [0.3, 0.4) is 0 Å². The summed E-state index contributed by atoms with van der Waals surface area (Å²) in [7, 11) is 3.07. The summed E-state index contributed by atoms with van der Waals surface area (Å²) in [6.07, 6.45) is 0. The quantitative estimate of drug-likeness (QED) is 0.736. The van der Waals surface area contributed by atoms with E-state index in [4.69, 9.17) is 14.6 Å². The van der Waals surface area contributed by atoms with Gasteiger partial charge in [-0.25, -0.2) is 0 Å². The molecule has 12 heavy (non-hydrogen) atoms. The molecule has 0 aliphatic heterocycles. The fourth-order valence-electron chi connectivity index (χ4n) is 0.792. The Kier molecular flexibility index (Phi) is 4.78. The second-order valence-corrected chi connectivity index (χ2v) is 2.07. The summed E-state index contributed by atoms with van der Waals surface area (Å²) >= 11 is 0. The fraction of sp³-hybridized carbons (Fsp3) is 0.250. The van der Waals surface area contributed by atoms with Crippen molar-refractivity contribution in [1.29, 1.82) is 0 Å². The average Bonchev–Trinajstić information content (AvgIpc) is 2.03. The molecule has 0 atom stereocenters. The van der Waals surface area contributed by atoms with Gasteiger partial charge in [-0.3, -0.25) is 0 Å². The van der Waals surface area contributed by atoms with Crippen LogP contribution in [0.25, 0.3) is 0 Å². The molecule has 0 fully saturated rings. The van der Waals surface area contributed by atoms with Gasteiger partial charge in [-0.15, -0.1) is 0 Å². The van der Waals surface area contributed by atoms with Crippen LogP contribution >= 0.6 is 0 Å². The van der Waals surface area contributed by atoms with E-state index in [1.54, 1.807) is 6.07 Å². The molecule has 0 saturated heterocycles. The Balaban J connectivity index is 0.00000121. The van der Waals surface area contributed by atoms with Crippen molar-refractivity contribution in [3.8, 4) is 17.2 Å². The van der Waals surface area contributed by atoms with E-state index >= 15 is 0 Å². The molecule has 1 aromatic carbocycles. The SMILES string of the molecule is COc1cc(O)cc(OC)c1.[Ti]. The zero-order valence-electron chi connectivity index (χ0n) is 7.00. The Morgan fingerprint density at radius 3 is 1.75 bits per heavy atom. The van der Waals surface area contributed by atoms with Crippen LogP contribution in [0.15, 0.2) is 18.2 Å². The largest absolute Gasteiger partial charge is 0.508 e. The first-order valence-corrected chi connectivity index (χ1v) is 3.18. The third-order valence-electron chi connectivity index (χ3n) is 1.34. The predicted molar refractivity (Wildman–Crippen MR) is 41.2 cm³/mol. The zero-order valence-corrected chi connectivity index (χ0v) is 8.56. The van der Waals surface area contributed by atoms with E-state index in [9.17, 15) is 0 Å². The molecular formula is C8H10O3Ti. The number of hydrogen-bond donors (Lipinski definition) is 1. The van der Waals surface area contributed by atoms with Crippen LogP contribution in [-0.4, -0.2) is 19.3 Å². The van der Waals surface area contributed by atoms with Gasteiger partial charge in [0, 0.05) is 39.9 Å². The van der Waals surface area contributed by atoms with E-state index in [1.807, 2.05) is 0 Å². The van der Waals surface area contributed by atoms with E-state index in [0.717, 1.165) is 0 Å². The monoisotopic (exact) mass is 202 g/mol. The summed E-state index contributed by atoms with van der Waals surface area (Å²) < 4.78 is 9.80. The van der Waals surface area contributed by atoms with Gasteiger partial charge in [-0.05, 0) is 0 Å². The summed E-state index contributed by atoms with van der Waals surface area (Å²) in [5.41, 5.74) is 0. The number of methoxy groups -OCH3 is 2. The Labute approximate surface area is 86.2 Å². The van der Waals surface area contributed by atoms with E-state index in [1.165, 1.54) is 26.4 Å². The topological polar surface area (TPSA) is 38.7 Å². The molecule has 0 unspecified atom stereocenters. The molecule has 0 bridgehead atoms. The molecule has 3 nitrogen and oxygen atoms in total. The molecule has 0 aliphatic carbocycles. The number of ether oxygens (including phenoxy) is 2. The molecule has 0 spiro atoms. The maximum atomic E-state index is 9.10. The molecule has 0 aromatic heterocycles. The molecular weight excluding hydrogens is 192 g/mol. The third-order valence-corrected chi connectivity index (χ3v) is 1.34. The van der Waals surface area contributed by atoms with Crippen molar-refractivity contribution < 1.29 is 36.3 Å². The van der Waals surface area contributed by atoms with Crippen LogP contribution in [0.5, 0.6) is 17.2 Å². The van der Waals surface area contributed by atoms with Crippen LogP contribution < -0.4 is 9.47 Å². The van der Waals surface area contributed by atoms with Crippen LogP contribution in [0.4, 0.5) is 0 Å². The Bertz CT molecular complexity index is 228. The van der Waals surface area contributed by atoms with Crippen molar-refractivity contribution in [1.82, 2.24) is 0 Å². The second kappa shape index (κ2) is 5.06. The smallest absolute Gasteiger partial charge is 0.126 e. The molecule has 1 N–H and O–H groups in total. The minimum atomic E-state index is 0. The molecule has 0 heterocycles. The number of hydrogen-bond acceptors (Lipinski definition) is 3. The van der Waals surface area contributed by atoms with Crippen LogP contribution in [-0.2, 0) is 21.7 Å². The number of phenols is 1. The van der Waals surface area contributed by atoms with E-state index in [2.05, 4.69) is 0 Å². The van der Waals surface area contributed by atoms with Gasteiger partial charge in [0.05, 0.1) is 14.2 Å². The normalized spacial score (nSPS) is 8.50. The molecule has 1 rings (SSSR count). The Hall–Kier alpha value is -0.666. The van der Waals surface area contributed by atoms with E-state index in [0.29, 0.717) is 11.5 Å². The van der Waals surface area contributed by atoms with Crippen molar-refractivity contribution in [2.75, 3.05) is 14.2 Å². The fourth-order valence-corrected chi connectivity index (χ4v) is 0.792. The average molecular weight is 202 g/mol. The molecule has 0 radical (unpaired) electrons. The minimum Gasteiger partial charge on any atom is -0.508 e. The van der Waals surface area contributed by atoms with Gasteiger partial charge >= 0.3 is 0 Å². The summed E-state index contributed by atoms with van der Waals surface area (Å²) in [4.78, 5) is 0. The first-order chi connectivity index (χ1) is 5.26. The summed E-state index contributed by atoms with van der Waals surface area (Å²) in [6, 6.07) is 4.73. The molecule has 64 valence electrons. The molecule has 1 aromatic rings. The summed E-state index contributed by atoms with van der Waals surface area (Å²) in [5, 5.41) is 9.10. The Morgan fingerprint density at radius 2 is 1.42 bits per heavy atom. The van der Waals surface area contributed by atoms with E-state index < -0.39 is 0 Å². The van der Waals surface area contributed by atoms with Gasteiger partial charge < -0.3 is 14.6 Å². The van der Waals surface area contributed by atoms with Crippen molar-refractivity contribution in [3.05, 3.63) is 18.2 Å². The van der Waals surface area contributed by atoms with Gasteiger partial charge in [0.1, 0.15) is 17.2 Å². The van der Waals surface area contributed by atoms with Gasteiger partial charge in [0.2, 0.25) is 0 Å². The zero-order chi connectivity index (χ0) is 8.27. The number of phenolic OH excluding ortho intramolecular Hbond substituents is 1. The molecule has 0 amide bonds. The van der Waals surface area contributed by atoms with Crippen LogP contribution in [0.2, 0.25) is 0 Å². The number of rotatable bonds is 2. The number of aromatic hydroxyl groups is 1. The third kappa shape index (κ3) is 2.76. The molecule has 0 saturated carbocycles. The van der Waals surface area contributed by atoms with Gasteiger partial charge in [-0.2, -0.15) is 0 Å².